The van der Waals surface area contributed by atoms with Gasteiger partial charge in [0.15, 0.2) is 0 Å². The number of benzene rings is 1. The summed E-state index contributed by atoms with van der Waals surface area (Å²) in [7, 11) is 0. The molecule has 0 bridgehead atoms. The average Bonchev–Trinajstić information content (AvgIpc) is 2.28. The maximum Gasteiger partial charge on any atom is 0.227 e. The van der Waals surface area contributed by atoms with Gasteiger partial charge < -0.3 is 11.1 Å². The molecular formula is C15H24N2O. The number of hydrogen-bond donors (Lipinski definition) is 2. The van der Waals surface area contributed by atoms with Crippen molar-refractivity contribution >= 4 is 5.91 Å². The van der Waals surface area contributed by atoms with E-state index in [9.17, 15) is 4.79 Å². The molecule has 0 aromatic heterocycles. The van der Waals surface area contributed by atoms with Crippen molar-refractivity contribution < 1.29 is 4.79 Å². The molecule has 0 saturated heterocycles. The smallest absolute Gasteiger partial charge is 0.227 e. The lowest BCUT2D eigenvalue weighted by Gasteiger charge is -2.37. The number of rotatable bonds is 4. The molecule has 3 N–H and O–H groups in total. The lowest BCUT2D eigenvalue weighted by Crippen LogP contribution is -2.55. The molecule has 0 aliphatic heterocycles. The third kappa shape index (κ3) is 3.10. The van der Waals surface area contributed by atoms with E-state index >= 15 is 0 Å². The van der Waals surface area contributed by atoms with E-state index in [0.29, 0.717) is 0 Å². The summed E-state index contributed by atoms with van der Waals surface area (Å²) < 4.78 is 0. The summed E-state index contributed by atoms with van der Waals surface area (Å²) in [5.41, 5.74) is 5.98. The van der Waals surface area contributed by atoms with Gasteiger partial charge in [0.25, 0.3) is 0 Å². The van der Waals surface area contributed by atoms with Gasteiger partial charge in [-0.05, 0) is 40.2 Å². The van der Waals surface area contributed by atoms with Crippen LogP contribution in [0.4, 0.5) is 0 Å². The molecule has 18 heavy (non-hydrogen) atoms. The Labute approximate surface area is 110 Å². The number of carbonyl (C=O) groups excluding carboxylic acids is 1. The van der Waals surface area contributed by atoms with Crippen LogP contribution in [0.2, 0.25) is 0 Å². The first-order valence-corrected chi connectivity index (χ1v) is 6.31. The minimum Gasteiger partial charge on any atom is -0.349 e. The second-order valence-electron chi connectivity index (χ2n) is 5.95. The molecule has 1 rings (SSSR count). The van der Waals surface area contributed by atoms with Crippen LogP contribution in [-0.2, 0) is 4.79 Å². The molecule has 0 spiro atoms. The normalized spacial score (nSPS) is 14.1. The van der Waals surface area contributed by atoms with Crippen LogP contribution in [0.25, 0.3) is 0 Å². The Kier molecular flexibility index (Phi) is 4.17. The van der Waals surface area contributed by atoms with E-state index in [1.54, 1.807) is 0 Å². The van der Waals surface area contributed by atoms with E-state index in [-0.39, 0.29) is 11.9 Å². The summed E-state index contributed by atoms with van der Waals surface area (Å²) >= 11 is 0. The molecular weight excluding hydrogens is 224 g/mol. The summed E-state index contributed by atoms with van der Waals surface area (Å²) in [6.07, 6.45) is 0. The number of hydrogen-bond acceptors (Lipinski definition) is 2. The predicted molar refractivity (Wildman–Crippen MR) is 75.0 cm³/mol. The Morgan fingerprint density at radius 2 is 1.67 bits per heavy atom. The van der Waals surface area contributed by atoms with Crippen LogP contribution in [0.5, 0.6) is 0 Å². The van der Waals surface area contributed by atoms with Gasteiger partial charge in [-0.1, -0.05) is 30.3 Å². The van der Waals surface area contributed by atoms with Gasteiger partial charge in [-0.2, -0.15) is 0 Å². The summed E-state index contributed by atoms with van der Waals surface area (Å²) in [5, 5.41) is 3.02. The fourth-order valence-electron chi connectivity index (χ4n) is 1.49. The maximum absolute atomic E-state index is 12.3. The zero-order chi connectivity index (χ0) is 14.0. The first-order valence-electron chi connectivity index (χ1n) is 6.31. The molecule has 0 saturated carbocycles. The lowest BCUT2D eigenvalue weighted by atomic mass is 9.74. The molecule has 1 aromatic carbocycles. The quantitative estimate of drug-likeness (QED) is 0.860. The lowest BCUT2D eigenvalue weighted by molar-refractivity contribution is -0.132. The fourth-order valence-corrected chi connectivity index (χ4v) is 1.49. The van der Waals surface area contributed by atoms with Crippen LogP contribution < -0.4 is 11.1 Å². The molecule has 1 atom stereocenters. The van der Waals surface area contributed by atoms with E-state index in [0.717, 1.165) is 5.56 Å². The van der Waals surface area contributed by atoms with Gasteiger partial charge in [0.1, 0.15) is 0 Å². The van der Waals surface area contributed by atoms with Crippen molar-refractivity contribution in [2.75, 3.05) is 0 Å². The Morgan fingerprint density at radius 3 is 2.11 bits per heavy atom. The van der Waals surface area contributed by atoms with Gasteiger partial charge in [-0.25, -0.2) is 0 Å². The number of nitrogens with one attached hydrogen (secondary N) is 1. The Bertz CT molecular complexity index is 404. The van der Waals surface area contributed by atoms with Gasteiger partial charge >= 0.3 is 0 Å². The van der Waals surface area contributed by atoms with E-state index in [2.05, 4.69) is 5.32 Å². The van der Waals surface area contributed by atoms with Crippen molar-refractivity contribution in [3.8, 4) is 0 Å². The molecule has 0 heterocycles. The minimum atomic E-state index is -0.615. The van der Waals surface area contributed by atoms with E-state index in [1.807, 2.05) is 65.0 Å². The van der Waals surface area contributed by atoms with E-state index in [4.69, 9.17) is 5.73 Å². The highest BCUT2D eigenvalue weighted by atomic mass is 16.2. The second kappa shape index (κ2) is 5.11. The van der Waals surface area contributed by atoms with Crippen molar-refractivity contribution in [2.45, 2.75) is 46.2 Å². The third-order valence-corrected chi connectivity index (χ3v) is 3.83. The molecule has 3 heteroatoms. The highest BCUT2D eigenvalue weighted by molar-refractivity contribution is 5.83. The predicted octanol–water partition coefficient (Wildman–Crippen LogP) is 2.63. The van der Waals surface area contributed by atoms with E-state index in [1.165, 1.54) is 0 Å². The largest absolute Gasteiger partial charge is 0.349 e. The number of nitrogens with two attached hydrogens (primary N) is 1. The molecule has 0 fully saturated rings. The highest BCUT2D eigenvalue weighted by Gasteiger charge is 2.40. The Hall–Kier alpha value is -1.35. The third-order valence-electron chi connectivity index (χ3n) is 3.83. The summed E-state index contributed by atoms with van der Waals surface area (Å²) in [4.78, 5) is 12.3. The molecule has 0 aliphatic carbocycles. The summed E-state index contributed by atoms with van der Waals surface area (Å²) in [5.74, 6) is -0.0219. The maximum atomic E-state index is 12.3. The zero-order valence-corrected chi connectivity index (χ0v) is 11.9. The standard InChI is InChI=1S/C15H24N2O/c1-11(12-9-7-6-8-10-12)17-13(18)14(2,3)15(4,5)16/h6-11H,16H2,1-5H3,(H,17,18)/t11-/m0/s1. The average molecular weight is 248 g/mol. The topological polar surface area (TPSA) is 55.1 Å². The van der Waals surface area contributed by atoms with Gasteiger partial charge in [0, 0.05) is 5.54 Å². The molecule has 100 valence electrons. The summed E-state index contributed by atoms with van der Waals surface area (Å²) in [6, 6.07) is 9.90. The molecule has 1 aromatic rings. The van der Waals surface area contributed by atoms with Crippen LogP contribution >= 0.6 is 0 Å². The first kappa shape index (κ1) is 14.7. The first-order chi connectivity index (χ1) is 8.16. The van der Waals surface area contributed by atoms with Gasteiger partial charge in [0.2, 0.25) is 5.91 Å². The van der Waals surface area contributed by atoms with Crippen molar-refractivity contribution in [3.05, 3.63) is 35.9 Å². The minimum absolute atomic E-state index is 0.0136. The monoisotopic (exact) mass is 248 g/mol. The van der Waals surface area contributed by atoms with Gasteiger partial charge in [-0.15, -0.1) is 0 Å². The molecule has 3 nitrogen and oxygen atoms in total. The molecule has 0 radical (unpaired) electrons. The number of carbonyl (C=O) groups is 1. The van der Waals surface area contributed by atoms with Gasteiger partial charge in [-0.3, -0.25) is 4.79 Å². The Balaban J connectivity index is 2.78. The van der Waals surface area contributed by atoms with Crippen molar-refractivity contribution in [1.29, 1.82) is 0 Å². The molecule has 0 unspecified atom stereocenters. The van der Waals surface area contributed by atoms with Crippen LogP contribution in [0.3, 0.4) is 0 Å². The fraction of sp³-hybridized carbons (Fsp3) is 0.533. The zero-order valence-electron chi connectivity index (χ0n) is 11.9. The van der Waals surface area contributed by atoms with Gasteiger partial charge in [0.05, 0.1) is 11.5 Å². The van der Waals surface area contributed by atoms with Crippen LogP contribution in [0.1, 0.15) is 46.2 Å². The van der Waals surface area contributed by atoms with Crippen LogP contribution in [0.15, 0.2) is 30.3 Å². The van der Waals surface area contributed by atoms with E-state index < -0.39 is 11.0 Å². The SMILES string of the molecule is C[C@H](NC(=O)C(C)(C)C(C)(C)N)c1ccccc1. The van der Waals surface area contributed by atoms with Crippen LogP contribution in [0, 0.1) is 5.41 Å². The van der Waals surface area contributed by atoms with Crippen molar-refractivity contribution in [3.63, 3.8) is 0 Å². The summed E-state index contributed by atoms with van der Waals surface area (Å²) in [6.45, 7) is 9.48. The molecule has 1 amide bonds. The van der Waals surface area contributed by atoms with Crippen LogP contribution in [-0.4, -0.2) is 11.4 Å². The number of amides is 1. The Morgan fingerprint density at radius 1 is 1.17 bits per heavy atom. The highest BCUT2D eigenvalue weighted by Crippen LogP contribution is 2.29. The second-order valence-corrected chi connectivity index (χ2v) is 5.95. The van der Waals surface area contributed by atoms with Crippen molar-refractivity contribution in [1.82, 2.24) is 5.32 Å². The molecule has 0 aliphatic rings. The van der Waals surface area contributed by atoms with Crippen molar-refractivity contribution in [2.24, 2.45) is 11.1 Å².